The van der Waals surface area contributed by atoms with Crippen LogP contribution in [0.25, 0.3) is 0 Å². The fourth-order valence-electron chi connectivity index (χ4n) is 0. The van der Waals surface area contributed by atoms with E-state index in [0.29, 0.717) is 0 Å². The first-order valence-corrected chi connectivity index (χ1v) is 2.12. The van der Waals surface area contributed by atoms with E-state index < -0.39 is 5.97 Å². The molecule has 0 aliphatic heterocycles. The number of carbonyl (C=O) groups is 1. The van der Waals surface area contributed by atoms with Crippen molar-refractivity contribution in [1.29, 1.82) is 0 Å². The minimum absolute atomic E-state index is 0. The second-order valence-electron chi connectivity index (χ2n) is 0.992. The van der Waals surface area contributed by atoms with E-state index in [9.17, 15) is 0 Å². The molecule has 0 amide bonds. The largest absolute Gasteiger partial charge is 0.550 e. The van der Waals surface area contributed by atoms with Gasteiger partial charge < -0.3 is 37.5 Å². The third kappa shape index (κ3) is 919. The third-order valence-corrected chi connectivity index (χ3v) is 0. The van der Waals surface area contributed by atoms with Crippen LogP contribution in [0, 0.1) is 0 Å². The molecule has 0 bridgehead atoms. The van der Waals surface area contributed by atoms with Crippen LogP contribution < -0.4 is 10.8 Å². The predicted molar refractivity (Wildman–Crippen MR) is 38.6 cm³/mol. The summed E-state index contributed by atoms with van der Waals surface area (Å²) in [6, 6.07) is 0. The Balaban J connectivity index is -0.00000000848. The van der Waals surface area contributed by atoms with Gasteiger partial charge in [-0.1, -0.05) is 0 Å². The van der Waals surface area contributed by atoms with E-state index in [4.69, 9.17) is 9.90 Å². The topological polar surface area (TPSA) is 194 Å². The van der Waals surface area contributed by atoms with Gasteiger partial charge in [0.05, 0.1) is 6.54 Å². The number of hydrogen-bond acceptors (Lipinski definition) is 2. The highest BCUT2D eigenvalue weighted by Gasteiger charge is 1.46. The lowest BCUT2D eigenvalue weighted by molar-refractivity contribution is -0.361. The number of carboxylic acid groups (broad SMARTS) is 1. The lowest BCUT2D eigenvalue weighted by atomic mass is 10.8. The van der Waals surface area contributed by atoms with E-state index in [-0.39, 0.29) is 21.9 Å². The van der Waals surface area contributed by atoms with Gasteiger partial charge in [-0.05, 0) is 13.8 Å². The van der Waals surface area contributed by atoms with Gasteiger partial charge in [0, 0.05) is 5.97 Å². The van der Waals surface area contributed by atoms with Crippen molar-refractivity contribution >= 4 is 5.97 Å². The minimum Gasteiger partial charge on any atom is -0.550 e. The highest BCUT2D eigenvalue weighted by atomic mass is 16.4. The van der Waals surface area contributed by atoms with E-state index >= 15 is 0 Å². The highest BCUT2D eigenvalue weighted by molar-refractivity contribution is 5.60. The minimum atomic E-state index is -1.08. The molecule has 7 heteroatoms. The van der Waals surface area contributed by atoms with Crippen molar-refractivity contribution in [2.24, 2.45) is 0 Å². The van der Waals surface area contributed by atoms with Crippen molar-refractivity contribution in [3.05, 3.63) is 0 Å². The van der Waals surface area contributed by atoms with Crippen molar-refractivity contribution in [3.63, 3.8) is 0 Å². The number of rotatable bonds is 0. The number of quaternary nitrogens is 1. The Morgan fingerprint density at radius 3 is 1.27 bits per heavy atom. The second-order valence-corrected chi connectivity index (χ2v) is 0.992. The zero-order valence-electron chi connectivity index (χ0n) is 6.73. The van der Waals surface area contributed by atoms with E-state index in [0.717, 1.165) is 13.5 Å². The first-order valence-electron chi connectivity index (χ1n) is 2.12. The molecule has 0 fully saturated rings. The summed E-state index contributed by atoms with van der Waals surface area (Å²) in [4.78, 5) is 8.89. The van der Waals surface area contributed by atoms with Crippen LogP contribution in [0.5, 0.6) is 0 Å². The van der Waals surface area contributed by atoms with Gasteiger partial charge in [-0.2, -0.15) is 0 Å². The molecule has 0 aromatic carbocycles. The van der Waals surface area contributed by atoms with Crippen molar-refractivity contribution in [3.8, 4) is 0 Å². The van der Waals surface area contributed by atoms with Crippen molar-refractivity contribution in [2.75, 3.05) is 6.54 Å². The molecular weight excluding hydrogens is 158 g/mol. The molecule has 0 rings (SSSR count). The van der Waals surface area contributed by atoms with Crippen LogP contribution in [0.3, 0.4) is 0 Å². The highest BCUT2D eigenvalue weighted by Crippen LogP contribution is 1.31. The first kappa shape index (κ1) is 48.4. The summed E-state index contributed by atoms with van der Waals surface area (Å²) < 4.78 is 0. The maximum atomic E-state index is 8.89. The third-order valence-electron chi connectivity index (χ3n) is 0. The zero-order chi connectivity index (χ0) is 6.28. The van der Waals surface area contributed by atoms with Gasteiger partial charge in [0.15, 0.2) is 0 Å². The Morgan fingerprint density at radius 1 is 1.27 bits per heavy atom. The Morgan fingerprint density at radius 2 is 1.27 bits per heavy atom. The normalized spacial score (nSPS) is 3.91. The van der Waals surface area contributed by atoms with E-state index in [1.165, 1.54) is 0 Å². The SMILES string of the molecule is CC(=O)[O-].CC[NH3+].O.O.O.O. The van der Waals surface area contributed by atoms with E-state index in [2.05, 4.69) is 5.73 Å². The molecule has 7 nitrogen and oxygen atoms in total. The number of carbonyl (C=O) groups excluding carboxylic acids is 1. The van der Waals surface area contributed by atoms with Crippen molar-refractivity contribution in [1.82, 2.24) is 0 Å². The molecule has 0 aliphatic carbocycles. The predicted octanol–water partition coefficient (Wildman–Crippen LogP) is -5.29. The monoisotopic (exact) mass is 177 g/mol. The molecule has 0 saturated heterocycles. The van der Waals surface area contributed by atoms with Gasteiger partial charge in [0.2, 0.25) is 0 Å². The Hall–Kier alpha value is -0.730. The summed E-state index contributed by atoms with van der Waals surface area (Å²) in [5.74, 6) is -1.08. The molecular formula is C4H19NO6. The molecule has 11 N–H and O–H groups in total. The number of aliphatic carboxylic acids is 1. The van der Waals surface area contributed by atoms with Crippen molar-refractivity contribution < 1.29 is 37.5 Å². The standard InChI is InChI=1S/C2H7N.C2H4O2.4H2O/c1-2-3;1-2(3)4;;;;/h2-3H2,1H3;1H3,(H,3,4);4*1H2. The van der Waals surface area contributed by atoms with Crippen molar-refractivity contribution in [2.45, 2.75) is 13.8 Å². The van der Waals surface area contributed by atoms with Gasteiger partial charge in [-0.15, -0.1) is 0 Å². The maximum absolute atomic E-state index is 8.89. The zero-order valence-corrected chi connectivity index (χ0v) is 6.73. The molecule has 0 aromatic heterocycles. The van der Waals surface area contributed by atoms with Gasteiger partial charge in [0.25, 0.3) is 0 Å². The number of carboxylic acids is 1. The fourth-order valence-corrected chi connectivity index (χ4v) is 0. The van der Waals surface area contributed by atoms with Crippen LogP contribution >= 0.6 is 0 Å². The van der Waals surface area contributed by atoms with Gasteiger partial charge in [-0.25, -0.2) is 0 Å². The molecule has 0 saturated carbocycles. The molecule has 0 radical (unpaired) electrons. The van der Waals surface area contributed by atoms with Crippen LogP contribution in [0.4, 0.5) is 0 Å². The van der Waals surface area contributed by atoms with E-state index in [1.54, 1.807) is 0 Å². The second kappa shape index (κ2) is 59.3. The molecule has 0 heterocycles. The average molecular weight is 177 g/mol. The summed E-state index contributed by atoms with van der Waals surface area (Å²) in [5.41, 5.74) is 3.49. The average Bonchev–Trinajstić information content (AvgIpc) is 1.33. The summed E-state index contributed by atoms with van der Waals surface area (Å²) >= 11 is 0. The van der Waals surface area contributed by atoms with Gasteiger partial charge in [-0.3, -0.25) is 0 Å². The lowest BCUT2D eigenvalue weighted by Gasteiger charge is -1.77. The van der Waals surface area contributed by atoms with Crippen LogP contribution in [-0.4, -0.2) is 34.4 Å². The Bertz CT molecular complexity index is 45.8. The molecule has 0 aliphatic rings. The van der Waals surface area contributed by atoms with Gasteiger partial charge >= 0.3 is 0 Å². The Labute approximate surface area is 65.1 Å². The molecule has 0 unspecified atom stereocenters. The quantitative estimate of drug-likeness (QED) is 0.386. The number of hydrogen-bond donors (Lipinski definition) is 1. The summed E-state index contributed by atoms with van der Waals surface area (Å²) in [5, 5.41) is 8.89. The fraction of sp³-hybridized carbons (Fsp3) is 0.750. The summed E-state index contributed by atoms with van der Waals surface area (Å²) in [6.07, 6.45) is 0. The summed E-state index contributed by atoms with van der Waals surface area (Å²) in [7, 11) is 0. The van der Waals surface area contributed by atoms with Gasteiger partial charge in [0.1, 0.15) is 0 Å². The van der Waals surface area contributed by atoms with Crippen LogP contribution in [0.2, 0.25) is 0 Å². The van der Waals surface area contributed by atoms with Crippen LogP contribution in [0.1, 0.15) is 13.8 Å². The smallest absolute Gasteiger partial charge is 0.0711 e. The first-order chi connectivity index (χ1) is 3.15. The maximum Gasteiger partial charge on any atom is 0.0711 e. The Kier molecular flexibility index (Phi) is 261. The molecule has 0 atom stereocenters. The lowest BCUT2D eigenvalue weighted by Crippen LogP contribution is -2.48. The molecule has 76 valence electrons. The van der Waals surface area contributed by atoms with E-state index in [1.807, 2.05) is 6.92 Å². The molecule has 11 heavy (non-hydrogen) atoms. The molecule has 0 spiro atoms. The molecule has 0 aromatic rings. The van der Waals surface area contributed by atoms with Crippen LogP contribution in [0.15, 0.2) is 0 Å². The van der Waals surface area contributed by atoms with Crippen LogP contribution in [-0.2, 0) is 4.79 Å². The summed E-state index contributed by atoms with van der Waals surface area (Å²) in [6.45, 7) is 3.99.